The van der Waals surface area contributed by atoms with Crippen LogP contribution < -0.4 is 14.8 Å². The van der Waals surface area contributed by atoms with E-state index in [0.717, 1.165) is 36.2 Å². The van der Waals surface area contributed by atoms with Crippen molar-refractivity contribution in [3.8, 4) is 11.5 Å². The molecule has 9 heteroatoms. The van der Waals surface area contributed by atoms with Gasteiger partial charge < -0.3 is 14.8 Å². The summed E-state index contributed by atoms with van der Waals surface area (Å²) in [6.07, 6.45) is 2.74. The topological polar surface area (TPSA) is 84.9 Å². The largest absolute Gasteiger partial charge is 0.493 e. The summed E-state index contributed by atoms with van der Waals surface area (Å²) in [5.41, 5.74) is 0.829. The van der Waals surface area contributed by atoms with Crippen molar-refractivity contribution in [1.82, 2.24) is 9.62 Å². The second-order valence-electron chi connectivity index (χ2n) is 6.68. The third-order valence-corrected chi connectivity index (χ3v) is 7.73. The molecule has 0 spiro atoms. The minimum absolute atomic E-state index is 0.0891. The van der Waals surface area contributed by atoms with Gasteiger partial charge in [0.05, 0.1) is 13.7 Å². The fraction of sp³-hybridized carbons (Fsp3) is 0.450. The van der Waals surface area contributed by atoms with Crippen LogP contribution in [0.1, 0.15) is 41.4 Å². The summed E-state index contributed by atoms with van der Waals surface area (Å²) in [5, 5.41) is 4.46. The first-order valence-electron chi connectivity index (χ1n) is 9.63. The van der Waals surface area contributed by atoms with E-state index < -0.39 is 15.9 Å². The fourth-order valence-electron chi connectivity index (χ4n) is 3.27. The van der Waals surface area contributed by atoms with Crippen molar-refractivity contribution in [1.29, 1.82) is 0 Å². The van der Waals surface area contributed by atoms with E-state index in [-0.39, 0.29) is 16.3 Å². The maximum atomic E-state index is 13.0. The summed E-state index contributed by atoms with van der Waals surface area (Å²) < 4.78 is 38.2. The molecule has 0 saturated carbocycles. The Morgan fingerprint density at radius 1 is 1.17 bits per heavy atom. The van der Waals surface area contributed by atoms with Gasteiger partial charge in [-0.3, -0.25) is 4.79 Å². The van der Waals surface area contributed by atoms with Crippen LogP contribution in [0.15, 0.2) is 34.5 Å². The number of amides is 1. The van der Waals surface area contributed by atoms with E-state index in [9.17, 15) is 13.2 Å². The highest BCUT2D eigenvalue weighted by molar-refractivity contribution is 7.89. The predicted molar refractivity (Wildman–Crippen MR) is 112 cm³/mol. The Balaban J connectivity index is 1.72. The van der Waals surface area contributed by atoms with Crippen LogP contribution in [0.3, 0.4) is 0 Å². The first-order chi connectivity index (χ1) is 14.0. The van der Waals surface area contributed by atoms with Gasteiger partial charge in [-0.05, 0) is 48.9 Å². The van der Waals surface area contributed by atoms with E-state index in [0.29, 0.717) is 31.2 Å². The number of hydrogen-bond donors (Lipinski definition) is 1. The highest BCUT2D eigenvalue weighted by atomic mass is 32.2. The number of sulfonamides is 1. The van der Waals surface area contributed by atoms with Crippen LogP contribution >= 0.6 is 11.3 Å². The number of thiophene rings is 1. The van der Waals surface area contributed by atoms with Crippen molar-refractivity contribution < 1.29 is 22.7 Å². The molecule has 1 saturated heterocycles. The fourth-order valence-corrected chi connectivity index (χ4v) is 6.10. The summed E-state index contributed by atoms with van der Waals surface area (Å²) in [7, 11) is -2.09. The van der Waals surface area contributed by atoms with Gasteiger partial charge in [-0.2, -0.15) is 4.31 Å². The highest BCUT2D eigenvalue weighted by Gasteiger charge is 2.30. The summed E-state index contributed by atoms with van der Waals surface area (Å²) in [4.78, 5) is 13.0. The number of hydrogen-bond acceptors (Lipinski definition) is 6. The molecule has 7 nitrogen and oxygen atoms in total. The molecule has 2 aromatic rings. The number of carbonyl (C=O) groups is 1. The Morgan fingerprint density at radius 2 is 1.93 bits per heavy atom. The van der Waals surface area contributed by atoms with Gasteiger partial charge >= 0.3 is 0 Å². The molecule has 1 aromatic heterocycles. The molecule has 1 N–H and O–H groups in total. The molecule has 1 aliphatic heterocycles. The molecular formula is C20H26N2O5S2. The molecule has 1 aromatic carbocycles. The van der Waals surface area contributed by atoms with Gasteiger partial charge in [0, 0.05) is 19.6 Å². The zero-order valence-corrected chi connectivity index (χ0v) is 18.3. The zero-order chi connectivity index (χ0) is 20.9. The highest BCUT2D eigenvalue weighted by Crippen LogP contribution is 2.29. The molecule has 0 radical (unpaired) electrons. The van der Waals surface area contributed by atoms with E-state index in [1.165, 1.54) is 10.4 Å². The van der Waals surface area contributed by atoms with E-state index in [4.69, 9.17) is 9.47 Å². The second kappa shape index (κ2) is 9.60. The normalized spacial score (nSPS) is 15.1. The van der Waals surface area contributed by atoms with Crippen molar-refractivity contribution in [3.05, 3.63) is 40.1 Å². The molecule has 0 aliphatic carbocycles. The van der Waals surface area contributed by atoms with E-state index in [1.807, 2.05) is 13.0 Å². The van der Waals surface area contributed by atoms with Gasteiger partial charge in [-0.15, -0.1) is 11.3 Å². The predicted octanol–water partition coefficient (Wildman–Crippen LogP) is 3.26. The molecular weight excluding hydrogens is 412 g/mol. The Bertz CT molecular complexity index is 950. The quantitative estimate of drug-likeness (QED) is 0.684. The van der Waals surface area contributed by atoms with Crippen molar-refractivity contribution >= 4 is 27.3 Å². The van der Waals surface area contributed by atoms with E-state index in [1.54, 1.807) is 24.6 Å². The maximum Gasteiger partial charge on any atom is 0.263 e. The number of ether oxygens (including phenoxy) is 2. The Morgan fingerprint density at radius 3 is 2.62 bits per heavy atom. The molecule has 0 atom stereocenters. The average Bonchev–Trinajstić information content (AvgIpc) is 3.24. The second-order valence-corrected chi connectivity index (χ2v) is 9.50. The molecule has 0 unspecified atom stereocenters. The van der Waals surface area contributed by atoms with Crippen molar-refractivity contribution in [2.45, 2.75) is 37.6 Å². The number of benzene rings is 1. The molecule has 29 heavy (non-hydrogen) atoms. The van der Waals surface area contributed by atoms with Crippen LogP contribution in [0.5, 0.6) is 11.5 Å². The summed E-state index contributed by atoms with van der Waals surface area (Å²) >= 11 is 1.14. The van der Waals surface area contributed by atoms with Gasteiger partial charge in [0.1, 0.15) is 9.77 Å². The number of nitrogens with one attached hydrogen (secondary N) is 1. The number of nitrogens with zero attached hydrogens (tertiary/aromatic N) is 1. The third-order valence-electron chi connectivity index (χ3n) is 4.75. The molecule has 2 heterocycles. The van der Waals surface area contributed by atoms with Crippen LogP contribution in [0.2, 0.25) is 0 Å². The molecule has 3 rings (SSSR count). The number of methoxy groups -OCH3 is 1. The molecule has 158 valence electrons. The van der Waals surface area contributed by atoms with Gasteiger partial charge in [0.2, 0.25) is 10.0 Å². The first kappa shape index (κ1) is 21.6. The SMILES string of the molecule is CCOc1ccc(CNC(=O)c2sccc2S(=O)(=O)N2CCCCC2)cc1OC. The zero-order valence-electron chi connectivity index (χ0n) is 16.6. The van der Waals surface area contributed by atoms with Crippen LogP contribution in [0.4, 0.5) is 0 Å². The van der Waals surface area contributed by atoms with Crippen molar-refractivity contribution in [3.63, 3.8) is 0 Å². The van der Waals surface area contributed by atoms with E-state index in [2.05, 4.69) is 5.32 Å². The van der Waals surface area contributed by atoms with Gasteiger partial charge in [-0.1, -0.05) is 12.5 Å². The molecule has 1 amide bonds. The smallest absolute Gasteiger partial charge is 0.263 e. The van der Waals surface area contributed by atoms with Gasteiger partial charge in [0.15, 0.2) is 11.5 Å². The third kappa shape index (κ3) is 4.91. The van der Waals surface area contributed by atoms with Crippen LogP contribution in [0.25, 0.3) is 0 Å². The monoisotopic (exact) mass is 438 g/mol. The standard InChI is InChI=1S/C20H26N2O5S2/c1-3-27-16-8-7-15(13-17(16)26-2)14-21-20(23)19-18(9-12-28-19)29(24,25)22-10-5-4-6-11-22/h7-9,12-13H,3-6,10-11,14H2,1-2H3,(H,21,23). The minimum atomic E-state index is -3.65. The van der Waals surface area contributed by atoms with E-state index >= 15 is 0 Å². The molecule has 1 aliphatic rings. The Hall–Kier alpha value is -2.10. The maximum absolute atomic E-state index is 13.0. The molecule has 0 bridgehead atoms. The minimum Gasteiger partial charge on any atom is -0.493 e. The van der Waals surface area contributed by atoms with Crippen LogP contribution in [-0.4, -0.2) is 45.4 Å². The van der Waals surface area contributed by atoms with Gasteiger partial charge in [-0.25, -0.2) is 8.42 Å². The number of carbonyl (C=O) groups excluding carboxylic acids is 1. The Labute approximate surface area is 175 Å². The lowest BCUT2D eigenvalue weighted by molar-refractivity contribution is 0.0951. The summed E-state index contributed by atoms with van der Waals surface area (Å²) in [6, 6.07) is 6.95. The van der Waals surface area contributed by atoms with Crippen LogP contribution in [-0.2, 0) is 16.6 Å². The summed E-state index contributed by atoms with van der Waals surface area (Å²) in [5.74, 6) is 0.824. The van der Waals surface area contributed by atoms with Crippen LogP contribution in [0, 0.1) is 0 Å². The number of piperidine rings is 1. The van der Waals surface area contributed by atoms with Crippen molar-refractivity contribution in [2.24, 2.45) is 0 Å². The first-order valence-corrected chi connectivity index (χ1v) is 11.9. The lowest BCUT2D eigenvalue weighted by Gasteiger charge is -2.25. The number of rotatable bonds is 8. The van der Waals surface area contributed by atoms with Crippen molar-refractivity contribution in [2.75, 3.05) is 26.8 Å². The average molecular weight is 439 g/mol. The lowest BCUT2D eigenvalue weighted by Crippen LogP contribution is -2.36. The summed E-state index contributed by atoms with van der Waals surface area (Å²) in [6.45, 7) is 3.68. The Kier molecular flexibility index (Phi) is 7.15. The molecule has 1 fully saturated rings. The lowest BCUT2D eigenvalue weighted by atomic mass is 10.2. The van der Waals surface area contributed by atoms with Gasteiger partial charge in [0.25, 0.3) is 5.91 Å².